The first-order chi connectivity index (χ1) is 7.61. The van der Waals surface area contributed by atoms with Gasteiger partial charge in [-0.25, -0.2) is 0 Å². The molecule has 16 heavy (non-hydrogen) atoms. The second kappa shape index (κ2) is 6.05. The highest BCUT2D eigenvalue weighted by Crippen LogP contribution is 2.12. The molecule has 0 fully saturated rings. The van der Waals surface area contributed by atoms with Gasteiger partial charge in [-0.1, -0.05) is 12.1 Å². The van der Waals surface area contributed by atoms with Crippen molar-refractivity contribution < 1.29 is 14.3 Å². The Kier molecular flexibility index (Phi) is 4.70. The Labute approximate surface area is 95.4 Å². The second-order valence-electron chi connectivity index (χ2n) is 3.67. The summed E-state index contributed by atoms with van der Waals surface area (Å²) in [4.78, 5) is 22.1. The summed E-state index contributed by atoms with van der Waals surface area (Å²) in [5.74, 6) is 0.665. The zero-order valence-electron chi connectivity index (χ0n) is 9.66. The largest absolute Gasteiger partial charge is 0.494 e. The summed E-state index contributed by atoms with van der Waals surface area (Å²) in [6, 6.07) is 7.37. The molecule has 1 aromatic carbocycles. The summed E-state index contributed by atoms with van der Waals surface area (Å²) in [6.07, 6.45) is 0.333. The molecule has 0 N–H and O–H groups in total. The molecule has 3 nitrogen and oxygen atoms in total. The summed E-state index contributed by atoms with van der Waals surface area (Å²) >= 11 is 0. The Morgan fingerprint density at radius 2 is 1.81 bits per heavy atom. The smallest absolute Gasteiger partial charge is 0.144 e. The Morgan fingerprint density at radius 1 is 1.19 bits per heavy atom. The van der Waals surface area contributed by atoms with E-state index in [2.05, 4.69) is 0 Å². The standard InChI is InChI=1S/C13H16O3/c1-3-16-13-6-4-11(5-7-13)9-12(15)8-10(2)14/h4-7H,3,8-9H2,1-2H3. The molecule has 86 valence electrons. The van der Waals surface area contributed by atoms with E-state index in [1.807, 2.05) is 31.2 Å². The molecule has 0 heterocycles. The number of carbonyl (C=O) groups excluding carboxylic acids is 2. The molecule has 1 aromatic rings. The van der Waals surface area contributed by atoms with Crippen LogP contribution in [-0.4, -0.2) is 18.2 Å². The van der Waals surface area contributed by atoms with E-state index in [1.165, 1.54) is 6.92 Å². The summed E-state index contributed by atoms with van der Waals surface area (Å²) < 4.78 is 5.29. The van der Waals surface area contributed by atoms with Crippen molar-refractivity contribution in [1.29, 1.82) is 0 Å². The topological polar surface area (TPSA) is 43.4 Å². The van der Waals surface area contributed by atoms with Gasteiger partial charge in [-0.3, -0.25) is 9.59 Å². The van der Waals surface area contributed by atoms with Gasteiger partial charge in [-0.05, 0) is 31.5 Å². The average molecular weight is 220 g/mol. The third-order valence-electron chi connectivity index (χ3n) is 2.08. The normalized spacial score (nSPS) is 9.88. The number of carbonyl (C=O) groups is 2. The van der Waals surface area contributed by atoms with Gasteiger partial charge < -0.3 is 4.74 Å². The quantitative estimate of drug-likeness (QED) is 0.690. The van der Waals surface area contributed by atoms with Gasteiger partial charge in [-0.15, -0.1) is 0 Å². The zero-order chi connectivity index (χ0) is 12.0. The fourth-order valence-electron chi connectivity index (χ4n) is 1.44. The SMILES string of the molecule is CCOc1ccc(CC(=O)CC(C)=O)cc1. The summed E-state index contributed by atoms with van der Waals surface area (Å²) in [6.45, 7) is 3.98. The third-order valence-corrected chi connectivity index (χ3v) is 2.08. The molecule has 0 atom stereocenters. The third kappa shape index (κ3) is 4.26. The molecule has 0 aliphatic heterocycles. The van der Waals surface area contributed by atoms with E-state index in [0.29, 0.717) is 13.0 Å². The number of Topliss-reactive ketones (excluding diaryl/α,β-unsaturated/α-hetero) is 2. The van der Waals surface area contributed by atoms with E-state index >= 15 is 0 Å². The first-order valence-corrected chi connectivity index (χ1v) is 5.34. The van der Waals surface area contributed by atoms with E-state index in [1.54, 1.807) is 0 Å². The maximum absolute atomic E-state index is 11.4. The van der Waals surface area contributed by atoms with Crippen LogP contribution in [0.25, 0.3) is 0 Å². The molecule has 0 radical (unpaired) electrons. The van der Waals surface area contributed by atoms with Gasteiger partial charge in [0.2, 0.25) is 0 Å². The highest BCUT2D eigenvalue weighted by molar-refractivity contribution is 5.98. The second-order valence-corrected chi connectivity index (χ2v) is 3.67. The van der Waals surface area contributed by atoms with Gasteiger partial charge >= 0.3 is 0 Å². The van der Waals surface area contributed by atoms with Crippen molar-refractivity contribution in [3.8, 4) is 5.75 Å². The molecule has 0 spiro atoms. The van der Waals surface area contributed by atoms with E-state index in [4.69, 9.17) is 4.74 Å². The first kappa shape index (κ1) is 12.4. The monoisotopic (exact) mass is 220 g/mol. The molecular weight excluding hydrogens is 204 g/mol. The first-order valence-electron chi connectivity index (χ1n) is 5.34. The van der Waals surface area contributed by atoms with Crippen LogP contribution in [0.2, 0.25) is 0 Å². The minimum absolute atomic E-state index is 0.0210. The van der Waals surface area contributed by atoms with Gasteiger partial charge in [0.15, 0.2) is 0 Å². The van der Waals surface area contributed by atoms with Crippen LogP contribution < -0.4 is 4.74 Å². The highest BCUT2D eigenvalue weighted by atomic mass is 16.5. The number of hydrogen-bond donors (Lipinski definition) is 0. The fraction of sp³-hybridized carbons (Fsp3) is 0.385. The van der Waals surface area contributed by atoms with Crippen molar-refractivity contribution in [2.24, 2.45) is 0 Å². The van der Waals surface area contributed by atoms with Crippen LogP contribution in [0.5, 0.6) is 5.75 Å². The van der Waals surface area contributed by atoms with Crippen LogP contribution >= 0.6 is 0 Å². The minimum Gasteiger partial charge on any atom is -0.494 e. The predicted octanol–water partition coefficient (Wildman–Crippen LogP) is 2.18. The van der Waals surface area contributed by atoms with E-state index in [-0.39, 0.29) is 18.0 Å². The van der Waals surface area contributed by atoms with E-state index in [9.17, 15) is 9.59 Å². The maximum atomic E-state index is 11.4. The lowest BCUT2D eigenvalue weighted by molar-refractivity contribution is -0.125. The molecule has 0 amide bonds. The van der Waals surface area contributed by atoms with E-state index < -0.39 is 0 Å². The molecule has 0 aliphatic rings. The van der Waals surface area contributed by atoms with Crippen molar-refractivity contribution in [2.45, 2.75) is 26.7 Å². The number of hydrogen-bond acceptors (Lipinski definition) is 3. The summed E-state index contributed by atoms with van der Waals surface area (Å²) in [7, 11) is 0. The highest BCUT2D eigenvalue weighted by Gasteiger charge is 2.06. The van der Waals surface area contributed by atoms with Crippen LogP contribution in [-0.2, 0) is 16.0 Å². The number of rotatable bonds is 6. The maximum Gasteiger partial charge on any atom is 0.144 e. The predicted molar refractivity (Wildman–Crippen MR) is 61.6 cm³/mol. The number of ether oxygens (including phenoxy) is 1. The molecule has 0 saturated heterocycles. The zero-order valence-corrected chi connectivity index (χ0v) is 9.66. The lowest BCUT2D eigenvalue weighted by Gasteiger charge is -2.04. The molecule has 1 rings (SSSR count). The lowest BCUT2D eigenvalue weighted by atomic mass is 10.1. The molecule has 0 aromatic heterocycles. The molecule has 0 saturated carbocycles. The van der Waals surface area contributed by atoms with Crippen molar-refractivity contribution in [3.63, 3.8) is 0 Å². The molecule has 0 unspecified atom stereocenters. The number of benzene rings is 1. The Morgan fingerprint density at radius 3 is 2.31 bits per heavy atom. The number of ketones is 2. The van der Waals surface area contributed by atoms with Gasteiger partial charge in [-0.2, -0.15) is 0 Å². The lowest BCUT2D eigenvalue weighted by Crippen LogP contribution is -2.07. The molecule has 0 aliphatic carbocycles. The molecule has 3 heteroatoms. The van der Waals surface area contributed by atoms with Crippen LogP contribution in [0.4, 0.5) is 0 Å². The Balaban J connectivity index is 2.54. The summed E-state index contributed by atoms with van der Waals surface area (Å²) in [5.41, 5.74) is 0.912. The summed E-state index contributed by atoms with van der Waals surface area (Å²) in [5, 5.41) is 0. The minimum atomic E-state index is -0.0871. The fourth-order valence-corrected chi connectivity index (χ4v) is 1.44. The van der Waals surface area contributed by atoms with Gasteiger partial charge in [0, 0.05) is 6.42 Å². The van der Waals surface area contributed by atoms with Crippen LogP contribution in [0.15, 0.2) is 24.3 Å². The van der Waals surface area contributed by atoms with Crippen molar-refractivity contribution >= 4 is 11.6 Å². The van der Waals surface area contributed by atoms with Crippen molar-refractivity contribution in [1.82, 2.24) is 0 Å². The van der Waals surface area contributed by atoms with E-state index in [0.717, 1.165) is 11.3 Å². The van der Waals surface area contributed by atoms with Crippen LogP contribution in [0.3, 0.4) is 0 Å². The molecular formula is C13H16O3. The van der Waals surface area contributed by atoms with Crippen molar-refractivity contribution in [3.05, 3.63) is 29.8 Å². The van der Waals surface area contributed by atoms with Crippen LogP contribution in [0.1, 0.15) is 25.8 Å². The van der Waals surface area contributed by atoms with Crippen molar-refractivity contribution in [2.75, 3.05) is 6.61 Å². The van der Waals surface area contributed by atoms with Gasteiger partial charge in [0.25, 0.3) is 0 Å². The van der Waals surface area contributed by atoms with Gasteiger partial charge in [0.1, 0.15) is 17.3 Å². The van der Waals surface area contributed by atoms with Gasteiger partial charge in [0.05, 0.1) is 13.0 Å². The average Bonchev–Trinajstić information content (AvgIpc) is 2.20. The Hall–Kier alpha value is -1.64. The Bertz CT molecular complexity index is 365. The molecule has 0 bridgehead atoms. The van der Waals surface area contributed by atoms with Crippen LogP contribution in [0, 0.1) is 0 Å².